The minimum atomic E-state index is -0.121. The van der Waals surface area contributed by atoms with Gasteiger partial charge in [-0.05, 0) is 18.8 Å². The van der Waals surface area contributed by atoms with Crippen molar-refractivity contribution < 1.29 is 4.74 Å². The first-order valence-corrected chi connectivity index (χ1v) is 5.63. The van der Waals surface area contributed by atoms with Gasteiger partial charge in [-0.1, -0.05) is 34.1 Å². The molecule has 0 aromatic heterocycles. The van der Waals surface area contributed by atoms with Gasteiger partial charge in [0, 0.05) is 7.11 Å². The van der Waals surface area contributed by atoms with Gasteiger partial charge in [-0.2, -0.15) is 0 Å². The van der Waals surface area contributed by atoms with Crippen LogP contribution in [0.3, 0.4) is 0 Å². The first kappa shape index (κ1) is 13.9. The molecule has 0 spiro atoms. The Kier molecular flexibility index (Phi) is 6.33. The van der Waals surface area contributed by atoms with Crippen molar-refractivity contribution in [1.29, 1.82) is 0 Å². The van der Waals surface area contributed by atoms with Crippen molar-refractivity contribution in [3.8, 4) is 0 Å². The van der Waals surface area contributed by atoms with Crippen LogP contribution in [0.2, 0.25) is 0 Å². The van der Waals surface area contributed by atoms with E-state index in [2.05, 4.69) is 33.1 Å². The molecule has 0 rings (SSSR count). The van der Waals surface area contributed by atoms with Gasteiger partial charge >= 0.3 is 0 Å². The second-order valence-electron chi connectivity index (χ2n) is 4.01. The number of nitrogens with one attached hydrogen (secondary N) is 1. The molecule has 86 valence electrons. The van der Waals surface area contributed by atoms with Crippen LogP contribution >= 0.6 is 0 Å². The Morgan fingerprint density at radius 1 is 1.29 bits per heavy atom. The summed E-state index contributed by atoms with van der Waals surface area (Å²) in [4.78, 5) is 0. The molecule has 0 saturated heterocycles. The summed E-state index contributed by atoms with van der Waals surface area (Å²) in [6.45, 7) is 8.70. The third kappa shape index (κ3) is 2.69. The van der Waals surface area contributed by atoms with Crippen LogP contribution in [0.25, 0.3) is 0 Å². The lowest BCUT2D eigenvalue weighted by Crippen LogP contribution is -2.57. The van der Waals surface area contributed by atoms with Crippen molar-refractivity contribution in [1.82, 2.24) is 5.43 Å². The molecule has 0 aromatic rings. The Labute approximate surface area is 88.4 Å². The number of methoxy groups -OCH3 is 1. The van der Waals surface area contributed by atoms with Crippen molar-refractivity contribution in [3.63, 3.8) is 0 Å². The van der Waals surface area contributed by atoms with E-state index >= 15 is 0 Å². The molecule has 0 saturated carbocycles. The maximum Gasteiger partial charge on any atom is 0.0841 e. The Morgan fingerprint density at radius 3 is 2.00 bits per heavy atom. The molecule has 14 heavy (non-hydrogen) atoms. The molecule has 0 radical (unpaired) electrons. The number of nitrogens with two attached hydrogens (primary N) is 1. The van der Waals surface area contributed by atoms with E-state index in [-0.39, 0.29) is 11.6 Å². The highest BCUT2D eigenvalue weighted by atomic mass is 16.5. The Morgan fingerprint density at radius 2 is 1.79 bits per heavy atom. The fourth-order valence-corrected chi connectivity index (χ4v) is 2.18. The molecular weight excluding hydrogens is 176 g/mol. The maximum absolute atomic E-state index is 5.67. The van der Waals surface area contributed by atoms with Crippen LogP contribution in [0, 0.1) is 5.92 Å². The Balaban J connectivity index is 4.73. The summed E-state index contributed by atoms with van der Waals surface area (Å²) in [6.07, 6.45) is 3.08. The monoisotopic (exact) mass is 202 g/mol. The number of ether oxygens (including phenoxy) is 1. The highest BCUT2D eigenvalue weighted by Gasteiger charge is 2.37. The van der Waals surface area contributed by atoms with E-state index in [1.165, 1.54) is 0 Å². The van der Waals surface area contributed by atoms with E-state index < -0.39 is 0 Å². The maximum atomic E-state index is 5.67. The van der Waals surface area contributed by atoms with Crippen LogP contribution in [-0.4, -0.2) is 18.8 Å². The average Bonchev–Trinajstić information content (AvgIpc) is 2.25. The zero-order valence-corrected chi connectivity index (χ0v) is 10.3. The molecule has 0 aromatic carbocycles. The predicted octanol–water partition coefficient (Wildman–Crippen LogP) is 2.07. The van der Waals surface area contributed by atoms with Crippen LogP contribution in [0.1, 0.15) is 47.0 Å². The quantitative estimate of drug-likeness (QED) is 0.491. The van der Waals surface area contributed by atoms with E-state index in [4.69, 9.17) is 10.6 Å². The fourth-order valence-electron chi connectivity index (χ4n) is 2.18. The highest BCUT2D eigenvalue weighted by Crippen LogP contribution is 2.29. The SMILES string of the molecule is CCC(C)C(NN)C(CC)(CC)OC. The van der Waals surface area contributed by atoms with Crippen molar-refractivity contribution in [3.05, 3.63) is 0 Å². The van der Waals surface area contributed by atoms with Crippen LogP contribution in [-0.2, 0) is 4.74 Å². The number of rotatable bonds is 7. The van der Waals surface area contributed by atoms with Gasteiger partial charge in [0.25, 0.3) is 0 Å². The molecule has 0 aliphatic carbocycles. The molecule has 2 unspecified atom stereocenters. The van der Waals surface area contributed by atoms with Gasteiger partial charge in [0.05, 0.1) is 11.6 Å². The lowest BCUT2D eigenvalue weighted by molar-refractivity contribution is -0.0615. The van der Waals surface area contributed by atoms with Crippen LogP contribution in [0.4, 0.5) is 0 Å². The minimum Gasteiger partial charge on any atom is -0.377 e. The Hall–Kier alpha value is -0.120. The van der Waals surface area contributed by atoms with Crippen LogP contribution in [0.5, 0.6) is 0 Å². The first-order valence-electron chi connectivity index (χ1n) is 5.63. The second-order valence-corrected chi connectivity index (χ2v) is 4.01. The molecule has 3 nitrogen and oxygen atoms in total. The van der Waals surface area contributed by atoms with Crippen molar-refractivity contribution in [2.24, 2.45) is 11.8 Å². The summed E-state index contributed by atoms with van der Waals surface area (Å²) in [5.74, 6) is 6.16. The highest BCUT2D eigenvalue weighted by molar-refractivity contribution is 4.92. The fraction of sp³-hybridized carbons (Fsp3) is 1.00. The molecule has 3 N–H and O–H groups in total. The minimum absolute atomic E-state index is 0.121. The van der Waals surface area contributed by atoms with Gasteiger partial charge in [-0.25, -0.2) is 0 Å². The van der Waals surface area contributed by atoms with Gasteiger partial charge in [0.1, 0.15) is 0 Å². The van der Waals surface area contributed by atoms with Crippen molar-refractivity contribution in [2.45, 2.75) is 58.6 Å². The van der Waals surface area contributed by atoms with E-state index in [0.29, 0.717) is 5.92 Å². The molecule has 0 bridgehead atoms. The molecular formula is C11H26N2O. The number of hydrazine groups is 1. The van der Waals surface area contributed by atoms with Gasteiger partial charge in [0.2, 0.25) is 0 Å². The van der Waals surface area contributed by atoms with Crippen LogP contribution < -0.4 is 11.3 Å². The van der Waals surface area contributed by atoms with E-state index in [1.54, 1.807) is 7.11 Å². The molecule has 0 heterocycles. The van der Waals surface area contributed by atoms with Gasteiger partial charge in [-0.15, -0.1) is 0 Å². The summed E-state index contributed by atoms with van der Waals surface area (Å²) in [7, 11) is 1.78. The van der Waals surface area contributed by atoms with Crippen molar-refractivity contribution >= 4 is 0 Å². The predicted molar refractivity (Wildman–Crippen MR) is 60.9 cm³/mol. The van der Waals surface area contributed by atoms with E-state index in [9.17, 15) is 0 Å². The molecule has 0 amide bonds. The smallest absolute Gasteiger partial charge is 0.0841 e. The standard InChI is InChI=1S/C11H26N2O/c1-6-9(4)10(13-12)11(7-2,8-3)14-5/h9-10,13H,6-8,12H2,1-5H3. The second kappa shape index (κ2) is 6.38. The lowest BCUT2D eigenvalue weighted by Gasteiger charge is -2.41. The number of hydrogen-bond acceptors (Lipinski definition) is 3. The Bertz CT molecular complexity index is 138. The molecule has 0 fully saturated rings. The van der Waals surface area contributed by atoms with Gasteiger partial charge in [0.15, 0.2) is 0 Å². The summed E-state index contributed by atoms with van der Waals surface area (Å²) >= 11 is 0. The molecule has 0 aliphatic heterocycles. The molecule has 2 atom stereocenters. The molecule has 0 aliphatic rings. The number of hydrogen-bond donors (Lipinski definition) is 2. The third-order valence-corrected chi connectivity index (χ3v) is 3.56. The van der Waals surface area contributed by atoms with Gasteiger partial charge < -0.3 is 4.74 Å². The lowest BCUT2D eigenvalue weighted by atomic mass is 9.80. The largest absolute Gasteiger partial charge is 0.377 e. The molecule has 3 heteroatoms. The van der Waals surface area contributed by atoms with E-state index in [1.807, 2.05) is 0 Å². The van der Waals surface area contributed by atoms with E-state index in [0.717, 1.165) is 19.3 Å². The third-order valence-electron chi connectivity index (χ3n) is 3.56. The first-order chi connectivity index (χ1) is 6.61. The normalized spacial score (nSPS) is 16.7. The summed E-state index contributed by atoms with van der Waals surface area (Å²) in [5, 5.41) is 0. The topological polar surface area (TPSA) is 47.3 Å². The summed E-state index contributed by atoms with van der Waals surface area (Å²) in [5.41, 5.74) is 2.80. The zero-order chi connectivity index (χ0) is 11.2. The average molecular weight is 202 g/mol. The van der Waals surface area contributed by atoms with Crippen molar-refractivity contribution in [2.75, 3.05) is 7.11 Å². The van der Waals surface area contributed by atoms with Crippen LogP contribution in [0.15, 0.2) is 0 Å². The zero-order valence-electron chi connectivity index (χ0n) is 10.3. The van der Waals surface area contributed by atoms with Gasteiger partial charge in [-0.3, -0.25) is 11.3 Å². The summed E-state index contributed by atoms with van der Waals surface area (Å²) < 4.78 is 5.67. The summed E-state index contributed by atoms with van der Waals surface area (Å²) in [6, 6.07) is 0.229.